The summed E-state index contributed by atoms with van der Waals surface area (Å²) >= 11 is 1.50. The number of carbonyl (C=O) groups is 1. The lowest BCUT2D eigenvalue weighted by Crippen LogP contribution is -2.28. The summed E-state index contributed by atoms with van der Waals surface area (Å²) in [5, 5.41) is 2.93. The van der Waals surface area contributed by atoms with E-state index in [0.717, 1.165) is 17.1 Å². The van der Waals surface area contributed by atoms with Crippen molar-refractivity contribution in [1.29, 1.82) is 0 Å². The molecule has 0 aromatic heterocycles. The Bertz CT molecular complexity index is 409. The van der Waals surface area contributed by atoms with Crippen LogP contribution < -0.4 is 14.8 Å². The molecule has 100 valence electrons. The van der Waals surface area contributed by atoms with Crippen LogP contribution in [0.4, 0.5) is 0 Å². The number of ether oxygens (including phenoxy) is 2. The molecule has 1 aromatic carbocycles. The Hall–Kier alpha value is -1.36. The third-order valence-corrected chi connectivity index (χ3v) is 3.11. The van der Waals surface area contributed by atoms with Gasteiger partial charge in [-0.3, -0.25) is 4.79 Å². The Morgan fingerprint density at radius 3 is 2.67 bits per heavy atom. The van der Waals surface area contributed by atoms with E-state index in [-0.39, 0.29) is 11.9 Å². The summed E-state index contributed by atoms with van der Waals surface area (Å²) < 4.78 is 10.5. The van der Waals surface area contributed by atoms with Crippen LogP contribution >= 0.6 is 11.8 Å². The Balaban J connectivity index is 2.88. The molecule has 1 N–H and O–H groups in total. The monoisotopic (exact) mass is 269 g/mol. The minimum atomic E-state index is -0.116. The van der Waals surface area contributed by atoms with Gasteiger partial charge >= 0.3 is 0 Å². The number of rotatable bonds is 6. The molecule has 0 aliphatic heterocycles. The Labute approximate surface area is 112 Å². The third-order valence-electron chi connectivity index (χ3n) is 2.56. The van der Waals surface area contributed by atoms with Crippen molar-refractivity contribution in [2.45, 2.75) is 13.0 Å². The Kier molecular flexibility index (Phi) is 5.85. The van der Waals surface area contributed by atoms with Gasteiger partial charge in [0.25, 0.3) is 0 Å². The minimum Gasteiger partial charge on any atom is -0.497 e. The van der Waals surface area contributed by atoms with Crippen molar-refractivity contribution in [3.8, 4) is 11.5 Å². The number of benzene rings is 1. The molecule has 0 saturated heterocycles. The molecule has 1 aromatic rings. The van der Waals surface area contributed by atoms with Crippen molar-refractivity contribution in [1.82, 2.24) is 5.32 Å². The first-order valence-corrected chi connectivity index (χ1v) is 7.02. The van der Waals surface area contributed by atoms with E-state index in [1.165, 1.54) is 11.8 Å². The number of carbonyl (C=O) groups excluding carboxylic acids is 1. The van der Waals surface area contributed by atoms with Gasteiger partial charge in [0, 0.05) is 5.56 Å². The molecule has 1 atom stereocenters. The van der Waals surface area contributed by atoms with Crippen molar-refractivity contribution < 1.29 is 14.3 Å². The Morgan fingerprint density at radius 2 is 2.11 bits per heavy atom. The van der Waals surface area contributed by atoms with Crippen molar-refractivity contribution in [3.63, 3.8) is 0 Å². The quantitative estimate of drug-likeness (QED) is 0.860. The molecule has 1 unspecified atom stereocenters. The summed E-state index contributed by atoms with van der Waals surface area (Å²) in [6, 6.07) is 5.43. The predicted molar refractivity (Wildman–Crippen MR) is 74.5 cm³/mol. The first kappa shape index (κ1) is 14.7. The van der Waals surface area contributed by atoms with Crippen molar-refractivity contribution in [2.75, 3.05) is 26.2 Å². The number of hydrogen-bond donors (Lipinski definition) is 1. The molecule has 0 bridgehead atoms. The van der Waals surface area contributed by atoms with Crippen LogP contribution in [0.2, 0.25) is 0 Å². The topological polar surface area (TPSA) is 47.6 Å². The summed E-state index contributed by atoms with van der Waals surface area (Å²) in [6.45, 7) is 1.93. The number of nitrogens with one attached hydrogen (secondary N) is 1. The van der Waals surface area contributed by atoms with E-state index in [1.807, 2.05) is 31.4 Å². The van der Waals surface area contributed by atoms with E-state index in [2.05, 4.69) is 5.32 Å². The van der Waals surface area contributed by atoms with Crippen molar-refractivity contribution in [3.05, 3.63) is 23.8 Å². The highest BCUT2D eigenvalue weighted by Crippen LogP contribution is 2.29. The zero-order valence-corrected chi connectivity index (χ0v) is 12.0. The van der Waals surface area contributed by atoms with Gasteiger partial charge in [0.2, 0.25) is 5.91 Å². The lowest BCUT2D eigenvalue weighted by molar-refractivity contribution is -0.119. The molecule has 0 spiro atoms. The highest BCUT2D eigenvalue weighted by Gasteiger charge is 2.14. The molecule has 18 heavy (non-hydrogen) atoms. The molecule has 4 nitrogen and oxygen atoms in total. The maximum absolute atomic E-state index is 11.6. The number of methoxy groups -OCH3 is 2. The van der Waals surface area contributed by atoms with E-state index in [0.29, 0.717) is 5.75 Å². The number of amides is 1. The summed E-state index contributed by atoms with van der Waals surface area (Å²) in [6.07, 6.45) is 1.90. The predicted octanol–water partition coefficient (Wildman–Crippen LogP) is 2.24. The summed E-state index contributed by atoms with van der Waals surface area (Å²) in [4.78, 5) is 11.6. The van der Waals surface area contributed by atoms with E-state index >= 15 is 0 Å². The van der Waals surface area contributed by atoms with Crippen molar-refractivity contribution >= 4 is 17.7 Å². The fourth-order valence-electron chi connectivity index (χ4n) is 1.67. The van der Waals surface area contributed by atoms with Crippen LogP contribution in [0.3, 0.4) is 0 Å². The van der Waals surface area contributed by atoms with Gasteiger partial charge in [-0.1, -0.05) is 0 Å². The molecule has 5 heteroatoms. The molecule has 0 fully saturated rings. The first-order chi connectivity index (χ1) is 8.62. The number of thioether (sulfide) groups is 1. The van der Waals surface area contributed by atoms with Gasteiger partial charge in [-0.25, -0.2) is 0 Å². The van der Waals surface area contributed by atoms with Gasteiger partial charge < -0.3 is 14.8 Å². The zero-order chi connectivity index (χ0) is 13.5. The highest BCUT2D eigenvalue weighted by molar-refractivity contribution is 7.99. The van der Waals surface area contributed by atoms with Crippen LogP contribution in [0.15, 0.2) is 18.2 Å². The van der Waals surface area contributed by atoms with E-state index in [1.54, 1.807) is 14.2 Å². The maximum Gasteiger partial charge on any atom is 0.230 e. The van der Waals surface area contributed by atoms with Gasteiger partial charge in [0.1, 0.15) is 11.5 Å². The first-order valence-electron chi connectivity index (χ1n) is 5.62. The summed E-state index contributed by atoms with van der Waals surface area (Å²) in [7, 11) is 3.23. The molecule has 0 heterocycles. The van der Waals surface area contributed by atoms with Crippen LogP contribution in [-0.4, -0.2) is 32.1 Å². The smallest absolute Gasteiger partial charge is 0.230 e. The van der Waals surface area contributed by atoms with Gasteiger partial charge in [-0.2, -0.15) is 11.8 Å². The van der Waals surface area contributed by atoms with Crippen LogP contribution in [0, 0.1) is 0 Å². The second-order valence-electron chi connectivity index (χ2n) is 3.83. The second-order valence-corrected chi connectivity index (χ2v) is 4.70. The van der Waals surface area contributed by atoms with E-state index in [9.17, 15) is 4.79 Å². The lowest BCUT2D eigenvalue weighted by atomic mass is 10.1. The van der Waals surface area contributed by atoms with E-state index in [4.69, 9.17) is 9.47 Å². The summed E-state index contributed by atoms with van der Waals surface area (Å²) in [5.74, 6) is 1.96. The summed E-state index contributed by atoms with van der Waals surface area (Å²) in [5.41, 5.74) is 0.909. The zero-order valence-electron chi connectivity index (χ0n) is 11.1. The average Bonchev–Trinajstić information content (AvgIpc) is 2.38. The molecular formula is C13H19NO3S. The van der Waals surface area contributed by atoms with Crippen LogP contribution in [0.25, 0.3) is 0 Å². The lowest BCUT2D eigenvalue weighted by Gasteiger charge is -2.18. The molecule has 1 rings (SSSR count). The molecular weight excluding hydrogens is 250 g/mol. The standard InChI is InChI=1S/C13H19NO3S/c1-9(14-13(15)8-18-4)11-7-10(16-2)5-6-12(11)17-3/h5-7,9H,8H2,1-4H3,(H,14,15). The second kappa shape index (κ2) is 7.16. The van der Waals surface area contributed by atoms with Gasteiger partial charge in [0.15, 0.2) is 0 Å². The SMILES string of the molecule is COc1ccc(OC)c(C(C)NC(=O)CSC)c1. The molecule has 0 radical (unpaired) electrons. The maximum atomic E-state index is 11.6. The van der Waals surface area contributed by atoms with Gasteiger partial charge in [-0.15, -0.1) is 0 Å². The minimum absolute atomic E-state index is 0.0138. The number of hydrogen-bond acceptors (Lipinski definition) is 4. The van der Waals surface area contributed by atoms with Gasteiger partial charge in [-0.05, 0) is 31.4 Å². The Morgan fingerprint density at radius 1 is 1.39 bits per heavy atom. The van der Waals surface area contributed by atoms with Crippen LogP contribution in [0.5, 0.6) is 11.5 Å². The molecule has 0 saturated carbocycles. The largest absolute Gasteiger partial charge is 0.497 e. The van der Waals surface area contributed by atoms with Crippen LogP contribution in [0.1, 0.15) is 18.5 Å². The third kappa shape index (κ3) is 3.84. The average molecular weight is 269 g/mol. The highest BCUT2D eigenvalue weighted by atomic mass is 32.2. The molecule has 0 aliphatic carbocycles. The van der Waals surface area contributed by atoms with Crippen LogP contribution in [-0.2, 0) is 4.79 Å². The van der Waals surface area contributed by atoms with Crippen molar-refractivity contribution in [2.24, 2.45) is 0 Å². The normalized spacial score (nSPS) is 11.8. The molecule has 1 amide bonds. The van der Waals surface area contributed by atoms with E-state index < -0.39 is 0 Å². The van der Waals surface area contributed by atoms with Gasteiger partial charge in [0.05, 0.1) is 26.0 Å². The molecule has 0 aliphatic rings. The fourth-order valence-corrected chi connectivity index (χ4v) is 2.02. The fraction of sp³-hybridized carbons (Fsp3) is 0.462.